The van der Waals surface area contributed by atoms with E-state index in [4.69, 9.17) is 19.9 Å². The van der Waals surface area contributed by atoms with E-state index in [-0.39, 0.29) is 0 Å². The van der Waals surface area contributed by atoms with Gasteiger partial charge in [-0.05, 0) is 0 Å². The molecule has 0 bridgehead atoms. The van der Waals surface area contributed by atoms with E-state index in [1.165, 1.54) is 21.3 Å². The van der Waals surface area contributed by atoms with Crippen LogP contribution in [0.15, 0.2) is 0 Å². The molecule has 0 radical (unpaired) electrons. The standard InChI is InChI=1S/C4H9NO3Si/c1-5-9(6-2,7-3)8-4/h2-4H3. The average molecular weight is 147 g/mol. The fourth-order valence-corrected chi connectivity index (χ4v) is 1.16. The third-order valence-corrected chi connectivity index (χ3v) is 2.73. The molecule has 0 saturated heterocycles. The molecule has 0 rings (SSSR count). The molecule has 0 fully saturated rings. The fourth-order valence-electron chi connectivity index (χ4n) is 0.387. The third-order valence-electron chi connectivity index (χ3n) is 0.911. The Morgan fingerprint density at radius 3 is 1.44 bits per heavy atom. The van der Waals surface area contributed by atoms with E-state index in [2.05, 4.69) is 4.51 Å². The minimum Gasteiger partial charge on any atom is -0.336 e. The molecule has 0 amide bonds. The van der Waals surface area contributed by atoms with Crippen molar-refractivity contribution in [2.24, 2.45) is 0 Å². The van der Waals surface area contributed by atoms with Crippen LogP contribution >= 0.6 is 0 Å². The summed E-state index contributed by atoms with van der Waals surface area (Å²) < 4.78 is 17.3. The summed E-state index contributed by atoms with van der Waals surface area (Å²) in [6.45, 7) is 6.62. The summed E-state index contributed by atoms with van der Waals surface area (Å²) >= 11 is 0. The van der Waals surface area contributed by atoms with E-state index in [0.29, 0.717) is 0 Å². The monoisotopic (exact) mass is 147 g/mol. The molecule has 0 heterocycles. The van der Waals surface area contributed by atoms with Crippen LogP contribution in [0, 0.1) is 6.57 Å². The van der Waals surface area contributed by atoms with Crippen molar-refractivity contribution < 1.29 is 13.3 Å². The van der Waals surface area contributed by atoms with Crippen molar-refractivity contribution in [3.63, 3.8) is 0 Å². The summed E-state index contributed by atoms with van der Waals surface area (Å²) in [5, 5.41) is 0. The zero-order valence-electron chi connectivity index (χ0n) is 5.67. The number of hydrogen-bond donors (Lipinski definition) is 0. The lowest BCUT2D eigenvalue weighted by Gasteiger charge is -2.06. The molecule has 9 heavy (non-hydrogen) atoms. The molecule has 0 aromatic rings. The maximum absolute atomic E-state index is 6.62. The minimum atomic E-state index is -2.90. The highest BCUT2D eigenvalue weighted by Gasteiger charge is 2.55. The first-order valence-electron chi connectivity index (χ1n) is 2.28. The van der Waals surface area contributed by atoms with Gasteiger partial charge in [0.05, 0.1) is 0 Å². The van der Waals surface area contributed by atoms with Crippen LogP contribution in [0.2, 0.25) is 0 Å². The van der Waals surface area contributed by atoms with E-state index >= 15 is 0 Å². The largest absolute Gasteiger partial charge is 0.961 e. The van der Waals surface area contributed by atoms with Crippen molar-refractivity contribution in [3.05, 3.63) is 11.1 Å². The van der Waals surface area contributed by atoms with Gasteiger partial charge in [-0.3, -0.25) is 6.57 Å². The summed E-state index contributed by atoms with van der Waals surface area (Å²) in [4.78, 5) is 0. The molecule has 0 unspecified atom stereocenters. The van der Waals surface area contributed by atoms with Crippen LogP contribution < -0.4 is 0 Å². The molecule has 0 saturated carbocycles. The maximum atomic E-state index is 6.62. The molecule has 0 N–H and O–H groups in total. The lowest BCUT2D eigenvalue weighted by molar-refractivity contribution is 0.138. The van der Waals surface area contributed by atoms with Gasteiger partial charge >= 0.3 is 8.97 Å². The molecule has 0 aromatic carbocycles. The van der Waals surface area contributed by atoms with Crippen LogP contribution in [0.3, 0.4) is 0 Å². The van der Waals surface area contributed by atoms with Gasteiger partial charge in [0.15, 0.2) is 0 Å². The molecule has 0 aliphatic rings. The Bertz CT molecular complexity index is 109. The van der Waals surface area contributed by atoms with Crippen LogP contribution in [-0.4, -0.2) is 30.3 Å². The van der Waals surface area contributed by atoms with Crippen molar-refractivity contribution in [2.75, 3.05) is 21.3 Å². The van der Waals surface area contributed by atoms with E-state index < -0.39 is 8.97 Å². The molecule has 4 nitrogen and oxygen atoms in total. The Morgan fingerprint density at radius 1 is 1.11 bits per heavy atom. The van der Waals surface area contributed by atoms with Gasteiger partial charge < -0.3 is 17.8 Å². The second-order valence-corrected chi connectivity index (χ2v) is 3.74. The normalized spacial score (nSPS) is 10.9. The number of hydrogen-bond acceptors (Lipinski definition) is 3. The number of rotatable bonds is 3. The van der Waals surface area contributed by atoms with Crippen LogP contribution in [-0.2, 0) is 13.3 Å². The first-order chi connectivity index (χ1) is 4.24. The number of nitrogens with zero attached hydrogens (tertiary/aromatic N) is 1. The van der Waals surface area contributed by atoms with Gasteiger partial charge in [-0.2, -0.15) is 0 Å². The van der Waals surface area contributed by atoms with Crippen molar-refractivity contribution in [2.45, 2.75) is 0 Å². The highest BCUT2D eigenvalue weighted by Crippen LogP contribution is 2.05. The van der Waals surface area contributed by atoms with Gasteiger partial charge in [0.25, 0.3) is 0 Å². The first-order valence-corrected chi connectivity index (χ1v) is 3.96. The van der Waals surface area contributed by atoms with Crippen molar-refractivity contribution in [3.8, 4) is 0 Å². The Hall–Kier alpha value is -0.413. The second kappa shape index (κ2) is 3.58. The lowest BCUT2D eigenvalue weighted by Crippen LogP contribution is -2.39. The molecule has 0 atom stereocenters. The molecule has 52 valence electrons. The van der Waals surface area contributed by atoms with Gasteiger partial charge in [-0.1, -0.05) is 0 Å². The predicted octanol–water partition coefficient (Wildman–Crippen LogP) is 0.280. The van der Waals surface area contributed by atoms with E-state index in [1.807, 2.05) is 0 Å². The smallest absolute Gasteiger partial charge is 0.336 e. The van der Waals surface area contributed by atoms with Crippen LogP contribution in [0.1, 0.15) is 0 Å². The zero-order chi connectivity index (χ0) is 7.33. The van der Waals surface area contributed by atoms with Crippen LogP contribution in [0.5, 0.6) is 0 Å². The SMILES string of the molecule is [C-]#[N+][Si](OC)(OC)OC. The molecular formula is C4H9NO3Si. The summed E-state index contributed by atoms with van der Waals surface area (Å²) in [5.41, 5.74) is 0. The zero-order valence-corrected chi connectivity index (χ0v) is 6.67. The minimum absolute atomic E-state index is 1.40. The van der Waals surface area contributed by atoms with Crippen molar-refractivity contribution in [1.82, 2.24) is 0 Å². The lowest BCUT2D eigenvalue weighted by atomic mass is 11.8. The summed E-state index contributed by atoms with van der Waals surface area (Å²) in [6.07, 6.45) is 0. The third kappa shape index (κ3) is 1.76. The van der Waals surface area contributed by atoms with E-state index in [9.17, 15) is 0 Å². The van der Waals surface area contributed by atoms with Gasteiger partial charge in [0.1, 0.15) is 0 Å². The Morgan fingerprint density at radius 2 is 1.44 bits per heavy atom. The maximum Gasteiger partial charge on any atom is 0.961 e. The second-order valence-electron chi connectivity index (χ2n) is 1.25. The van der Waals surface area contributed by atoms with Gasteiger partial charge in [-0.15, -0.1) is 0 Å². The highest BCUT2D eigenvalue weighted by atomic mass is 28.4. The quantitative estimate of drug-likeness (QED) is 0.424. The first kappa shape index (κ1) is 8.59. The summed E-state index contributed by atoms with van der Waals surface area (Å²) in [5.74, 6) is 0. The van der Waals surface area contributed by atoms with Gasteiger partial charge in [0, 0.05) is 21.3 Å². The molecule has 0 aliphatic heterocycles. The Labute approximate surface area is 55.6 Å². The average Bonchev–Trinajstić information content (AvgIpc) is 1.95. The van der Waals surface area contributed by atoms with Gasteiger partial charge in [-0.25, -0.2) is 0 Å². The topological polar surface area (TPSA) is 32.0 Å². The Balaban J connectivity index is 4.04. The van der Waals surface area contributed by atoms with Gasteiger partial charge in [0.2, 0.25) is 0 Å². The molecule has 0 aliphatic carbocycles. The summed E-state index contributed by atoms with van der Waals surface area (Å²) in [6, 6.07) is 0. The van der Waals surface area contributed by atoms with Crippen molar-refractivity contribution >= 4 is 8.97 Å². The molecule has 5 heteroatoms. The van der Waals surface area contributed by atoms with Crippen molar-refractivity contribution in [1.29, 1.82) is 0 Å². The summed E-state index contributed by atoms with van der Waals surface area (Å²) in [7, 11) is 1.30. The predicted molar refractivity (Wildman–Crippen MR) is 33.4 cm³/mol. The molecule has 0 spiro atoms. The highest BCUT2D eigenvalue weighted by molar-refractivity contribution is 6.64. The molecule has 0 aromatic heterocycles. The van der Waals surface area contributed by atoms with E-state index in [0.717, 1.165) is 0 Å². The van der Waals surface area contributed by atoms with Crippen LogP contribution in [0.25, 0.3) is 4.51 Å². The van der Waals surface area contributed by atoms with E-state index in [1.54, 1.807) is 0 Å². The molecular weight excluding hydrogens is 138 g/mol. The van der Waals surface area contributed by atoms with Crippen LogP contribution in [0.4, 0.5) is 0 Å². The fraction of sp³-hybridized carbons (Fsp3) is 0.750. The Kier molecular flexibility index (Phi) is 3.42.